The number of aromatic amines is 1. The molecule has 0 unspecified atom stereocenters. The van der Waals surface area contributed by atoms with Crippen LogP contribution in [0.2, 0.25) is 0 Å². The minimum atomic E-state index is 0.277. The van der Waals surface area contributed by atoms with Crippen LogP contribution in [0, 0.1) is 0 Å². The fourth-order valence-electron chi connectivity index (χ4n) is 2.47. The highest BCUT2D eigenvalue weighted by Gasteiger charge is 2.12. The maximum atomic E-state index is 5.79. The molecule has 0 saturated carbocycles. The molecule has 0 spiro atoms. The van der Waals surface area contributed by atoms with Crippen LogP contribution in [0.4, 0.5) is 5.95 Å². The Hall–Kier alpha value is -2.99. The highest BCUT2D eigenvalue weighted by molar-refractivity contribution is 7.13. The normalized spacial score (nSPS) is 10.8. The van der Waals surface area contributed by atoms with Crippen molar-refractivity contribution in [3.05, 3.63) is 60.4 Å². The number of nitrogens with two attached hydrogens (primary N) is 1. The van der Waals surface area contributed by atoms with Crippen molar-refractivity contribution in [2.24, 2.45) is 0 Å². The van der Waals surface area contributed by atoms with E-state index in [1.54, 1.807) is 23.7 Å². The third-order valence-corrected chi connectivity index (χ3v) is 4.38. The van der Waals surface area contributed by atoms with Gasteiger partial charge in [0.1, 0.15) is 5.82 Å². The number of imidazole rings is 1. The summed E-state index contributed by atoms with van der Waals surface area (Å²) in [6.45, 7) is 0. The molecule has 6 heteroatoms. The molecule has 0 aliphatic carbocycles. The molecular formula is C17H13N5S. The van der Waals surface area contributed by atoms with Gasteiger partial charge in [-0.05, 0) is 23.1 Å². The first-order valence-electron chi connectivity index (χ1n) is 7.08. The second-order valence-corrected chi connectivity index (χ2v) is 5.93. The Morgan fingerprint density at radius 1 is 1.04 bits per heavy atom. The lowest BCUT2D eigenvalue weighted by molar-refractivity contribution is 1.20. The predicted octanol–water partition coefficient (Wildman–Crippen LogP) is 3.84. The molecule has 0 atom stereocenters. The lowest BCUT2D eigenvalue weighted by Crippen LogP contribution is -1.98. The summed E-state index contributed by atoms with van der Waals surface area (Å²) < 4.78 is 0. The van der Waals surface area contributed by atoms with Crippen LogP contribution in [0.15, 0.2) is 60.4 Å². The van der Waals surface area contributed by atoms with Crippen LogP contribution in [0.3, 0.4) is 0 Å². The molecular weight excluding hydrogens is 306 g/mol. The van der Waals surface area contributed by atoms with Gasteiger partial charge >= 0.3 is 0 Å². The Balaban J connectivity index is 1.87. The number of nitrogens with zero attached hydrogens (tertiary/aromatic N) is 3. The molecule has 0 aliphatic heterocycles. The number of benzene rings is 1. The minimum Gasteiger partial charge on any atom is -0.368 e. The van der Waals surface area contributed by atoms with E-state index in [9.17, 15) is 0 Å². The van der Waals surface area contributed by atoms with Crippen LogP contribution in [0.5, 0.6) is 0 Å². The van der Waals surface area contributed by atoms with E-state index in [1.165, 1.54) is 0 Å². The van der Waals surface area contributed by atoms with Crippen molar-refractivity contribution >= 4 is 17.3 Å². The fraction of sp³-hybridized carbons (Fsp3) is 0. The second-order valence-electron chi connectivity index (χ2n) is 4.99. The van der Waals surface area contributed by atoms with Gasteiger partial charge in [0.2, 0.25) is 5.95 Å². The average Bonchev–Trinajstić information content (AvgIpc) is 3.28. The first kappa shape index (κ1) is 13.7. The van der Waals surface area contributed by atoms with Crippen LogP contribution in [-0.2, 0) is 0 Å². The van der Waals surface area contributed by atoms with Crippen molar-refractivity contribution in [1.29, 1.82) is 0 Å². The minimum absolute atomic E-state index is 0.277. The summed E-state index contributed by atoms with van der Waals surface area (Å²) in [6.07, 6.45) is 5.33. The van der Waals surface area contributed by atoms with Crippen molar-refractivity contribution < 1.29 is 0 Å². The largest absolute Gasteiger partial charge is 0.368 e. The van der Waals surface area contributed by atoms with E-state index in [-0.39, 0.29) is 5.95 Å². The Morgan fingerprint density at radius 3 is 2.74 bits per heavy atom. The maximum Gasteiger partial charge on any atom is 0.220 e. The summed E-state index contributed by atoms with van der Waals surface area (Å²) >= 11 is 1.63. The van der Waals surface area contributed by atoms with Crippen molar-refractivity contribution in [3.63, 3.8) is 0 Å². The molecule has 3 heterocycles. The lowest BCUT2D eigenvalue weighted by Gasteiger charge is -2.09. The van der Waals surface area contributed by atoms with Crippen LogP contribution < -0.4 is 5.73 Å². The molecule has 0 aliphatic rings. The van der Waals surface area contributed by atoms with E-state index in [2.05, 4.69) is 26.0 Å². The van der Waals surface area contributed by atoms with E-state index >= 15 is 0 Å². The molecule has 1 aromatic carbocycles. The lowest BCUT2D eigenvalue weighted by atomic mass is 10.0. The van der Waals surface area contributed by atoms with Crippen molar-refractivity contribution in [2.75, 3.05) is 5.73 Å². The van der Waals surface area contributed by atoms with E-state index in [1.807, 2.05) is 41.9 Å². The van der Waals surface area contributed by atoms with Gasteiger partial charge in [-0.2, -0.15) is 0 Å². The number of rotatable bonds is 3. The van der Waals surface area contributed by atoms with Gasteiger partial charge in [0.15, 0.2) is 0 Å². The Kier molecular flexibility index (Phi) is 3.36. The number of hydrogen-bond donors (Lipinski definition) is 2. The zero-order chi connectivity index (χ0) is 15.6. The summed E-state index contributed by atoms with van der Waals surface area (Å²) in [6, 6.07) is 12.2. The number of H-pyrrole nitrogens is 1. The summed E-state index contributed by atoms with van der Waals surface area (Å²) in [5.74, 6) is 1.11. The summed E-state index contributed by atoms with van der Waals surface area (Å²) in [5, 5.41) is 2.02. The van der Waals surface area contributed by atoms with Crippen molar-refractivity contribution in [1.82, 2.24) is 19.9 Å². The smallest absolute Gasteiger partial charge is 0.220 e. The number of thiophene rings is 1. The van der Waals surface area contributed by atoms with Gasteiger partial charge < -0.3 is 10.7 Å². The first-order chi connectivity index (χ1) is 11.3. The van der Waals surface area contributed by atoms with Gasteiger partial charge in [0.05, 0.1) is 10.6 Å². The van der Waals surface area contributed by atoms with E-state index in [0.717, 1.165) is 33.1 Å². The van der Waals surface area contributed by atoms with Gasteiger partial charge in [-0.3, -0.25) is 0 Å². The molecule has 0 saturated heterocycles. The first-order valence-corrected chi connectivity index (χ1v) is 7.96. The molecule has 0 amide bonds. The van der Waals surface area contributed by atoms with Crippen molar-refractivity contribution in [3.8, 4) is 33.1 Å². The molecule has 0 fully saturated rings. The van der Waals surface area contributed by atoms with Gasteiger partial charge in [-0.1, -0.05) is 24.3 Å². The third-order valence-electron chi connectivity index (χ3n) is 3.51. The van der Waals surface area contributed by atoms with E-state index < -0.39 is 0 Å². The predicted molar refractivity (Wildman–Crippen MR) is 92.8 cm³/mol. The molecule has 0 bridgehead atoms. The number of hydrogen-bond acceptors (Lipinski definition) is 5. The number of anilines is 1. The molecule has 3 aromatic heterocycles. The maximum absolute atomic E-state index is 5.79. The summed E-state index contributed by atoms with van der Waals surface area (Å²) in [7, 11) is 0. The monoisotopic (exact) mass is 319 g/mol. The average molecular weight is 319 g/mol. The van der Waals surface area contributed by atoms with Gasteiger partial charge in [-0.15, -0.1) is 11.3 Å². The highest BCUT2D eigenvalue weighted by Crippen LogP contribution is 2.34. The molecule has 112 valence electrons. The summed E-state index contributed by atoms with van der Waals surface area (Å²) in [5.41, 5.74) is 9.64. The number of nitrogen functional groups attached to an aromatic ring is 1. The Bertz CT molecular complexity index is 930. The van der Waals surface area contributed by atoms with Crippen LogP contribution in [0.1, 0.15) is 0 Å². The SMILES string of the molecule is Nc1ncc(-c2cccc(-c3ncc[nH]3)c2)c(-c2cccs2)n1. The van der Waals surface area contributed by atoms with E-state index in [0.29, 0.717) is 0 Å². The molecule has 4 aromatic rings. The zero-order valence-electron chi connectivity index (χ0n) is 12.1. The fourth-order valence-corrected chi connectivity index (χ4v) is 3.19. The van der Waals surface area contributed by atoms with Crippen LogP contribution >= 0.6 is 11.3 Å². The standard InChI is InChI=1S/C17H13N5S/c18-17-21-10-13(15(22-17)14-5-2-8-23-14)11-3-1-4-12(9-11)16-19-6-7-20-16/h1-10H,(H,19,20)(H2,18,21,22). The van der Waals surface area contributed by atoms with E-state index in [4.69, 9.17) is 5.73 Å². The molecule has 3 N–H and O–H groups in total. The topological polar surface area (TPSA) is 80.5 Å². The van der Waals surface area contributed by atoms with Gasteiger partial charge in [-0.25, -0.2) is 15.0 Å². The molecule has 5 nitrogen and oxygen atoms in total. The van der Waals surface area contributed by atoms with Gasteiger partial charge in [0.25, 0.3) is 0 Å². The van der Waals surface area contributed by atoms with Crippen LogP contribution in [0.25, 0.3) is 33.1 Å². The zero-order valence-corrected chi connectivity index (χ0v) is 12.9. The quantitative estimate of drug-likeness (QED) is 0.601. The number of nitrogens with one attached hydrogen (secondary N) is 1. The van der Waals surface area contributed by atoms with Crippen LogP contribution in [-0.4, -0.2) is 19.9 Å². The Labute approximate surface area is 136 Å². The molecule has 23 heavy (non-hydrogen) atoms. The molecule has 4 rings (SSSR count). The Morgan fingerprint density at radius 2 is 1.96 bits per heavy atom. The second kappa shape index (κ2) is 5.66. The molecule has 0 radical (unpaired) electrons. The highest BCUT2D eigenvalue weighted by atomic mass is 32.1. The van der Waals surface area contributed by atoms with Gasteiger partial charge in [0, 0.05) is 29.7 Å². The number of aromatic nitrogens is 4. The van der Waals surface area contributed by atoms with Crippen molar-refractivity contribution in [2.45, 2.75) is 0 Å². The third kappa shape index (κ3) is 2.60. The summed E-state index contributed by atoms with van der Waals surface area (Å²) in [4.78, 5) is 17.1.